The Morgan fingerprint density at radius 1 is 1.55 bits per heavy atom. The molecule has 11 heavy (non-hydrogen) atoms. The summed E-state index contributed by atoms with van der Waals surface area (Å²) in [5.41, 5.74) is 0. The average molecular weight is 196 g/mol. The van der Waals surface area contributed by atoms with Gasteiger partial charge in [0.2, 0.25) is 0 Å². The number of hydrogen-bond acceptors (Lipinski definition) is 2. The zero-order valence-corrected chi connectivity index (χ0v) is 9.21. The second-order valence-electron chi connectivity index (χ2n) is 2.83. The third-order valence-corrected chi connectivity index (χ3v) is 2.89. The van der Waals surface area contributed by atoms with Gasteiger partial charge in [0.15, 0.2) is 0 Å². The van der Waals surface area contributed by atoms with Gasteiger partial charge in [-0.3, -0.25) is 0 Å². The molecule has 0 N–H and O–H groups in total. The first-order valence-electron chi connectivity index (χ1n) is 3.97. The summed E-state index contributed by atoms with van der Waals surface area (Å²) in [5.74, 6) is 1.98. The molecule has 0 heterocycles. The predicted octanol–water partition coefficient (Wildman–Crippen LogP) is 2.30. The number of alkyl halides is 1. The zero-order valence-electron chi connectivity index (χ0n) is 7.64. The maximum Gasteiger partial charge on any atom is 0.0235 e. The van der Waals surface area contributed by atoms with Crippen LogP contribution in [0.2, 0.25) is 0 Å². The molecule has 3 heteroatoms. The van der Waals surface area contributed by atoms with Crippen LogP contribution in [0.3, 0.4) is 0 Å². The molecule has 0 bridgehead atoms. The van der Waals surface area contributed by atoms with Gasteiger partial charge < -0.3 is 4.90 Å². The van der Waals surface area contributed by atoms with E-state index in [0.717, 1.165) is 18.8 Å². The Labute approximate surface area is 79.5 Å². The standard InChI is InChI=1S/C8H18ClNS/c1-8(7-11-3)10(2)6-4-5-9/h8H,4-7H2,1-3H3. The van der Waals surface area contributed by atoms with E-state index in [1.165, 1.54) is 5.75 Å². The second-order valence-corrected chi connectivity index (χ2v) is 4.12. The van der Waals surface area contributed by atoms with Crippen LogP contribution in [-0.4, -0.2) is 42.4 Å². The van der Waals surface area contributed by atoms with E-state index < -0.39 is 0 Å². The van der Waals surface area contributed by atoms with Gasteiger partial charge >= 0.3 is 0 Å². The molecular weight excluding hydrogens is 178 g/mol. The molecule has 0 aliphatic heterocycles. The molecule has 0 aromatic heterocycles. The SMILES string of the molecule is CSCC(C)N(C)CCCCl. The monoisotopic (exact) mass is 195 g/mol. The van der Waals surface area contributed by atoms with Crippen molar-refractivity contribution in [2.24, 2.45) is 0 Å². The molecule has 0 aliphatic carbocycles. The van der Waals surface area contributed by atoms with Crippen molar-refractivity contribution in [2.75, 3.05) is 31.5 Å². The molecule has 0 aliphatic rings. The molecule has 0 aromatic carbocycles. The van der Waals surface area contributed by atoms with Crippen molar-refractivity contribution in [3.8, 4) is 0 Å². The normalized spacial score (nSPS) is 13.9. The van der Waals surface area contributed by atoms with Crippen LogP contribution in [0.25, 0.3) is 0 Å². The molecule has 68 valence electrons. The minimum absolute atomic E-state index is 0.674. The molecule has 1 nitrogen and oxygen atoms in total. The van der Waals surface area contributed by atoms with E-state index in [9.17, 15) is 0 Å². The van der Waals surface area contributed by atoms with Crippen molar-refractivity contribution in [2.45, 2.75) is 19.4 Å². The maximum absolute atomic E-state index is 5.60. The van der Waals surface area contributed by atoms with E-state index in [2.05, 4.69) is 25.1 Å². The van der Waals surface area contributed by atoms with Gasteiger partial charge in [0.1, 0.15) is 0 Å². The molecule has 0 saturated carbocycles. The Morgan fingerprint density at radius 3 is 2.64 bits per heavy atom. The van der Waals surface area contributed by atoms with Crippen LogP contribution in [0, 0.1) is 0 Å². The van der Waals surface area contributed by atoms with Crippen molar-refractivity contribution in [1.29, 1.82) is 0 Å². The summed E-state index contributed by atoms with van der Waals surface area (Å²) in [6, 6.07) is 0.674. The largest absolute Gasteiger partial charge is 0.303 e. The molecule has 1 unspecified atom stereocenters. The highest BCUT2D eigenvalue weighted by Crippen LogP contribution is 2.04. The first kappa shape index (κ1) is 11.6. The van der Waals surface area contributed by atoms with Crippen molar-refractivity contribution in [3.63, 3.8) is 0 Å². The molecule has 0 spiro atoms. The predicted molar refractivity (Wildman–Crippen MR) is 55.8 cm³/mol. The van der Waals surface area contributed by atoms with Gasteiger partial charge in [-0.15, -0.1) is 11.6 Å². The smallest absolute Gasteiger partial charge is 0.0235 e. The Balaban J connectivity index is 3.38. The molecule has 0 saturated heterocycles. The van der Waals surface area contributed by atoms with Crippen LogP contribution in [0.1, 0.15) is 13.3 Å². The van der Waals surface area contributed by atoms with Crippen LogP contribution in [0.15, 0.2) is 0 Å². The lowest BCUT2D eigenvalue weighted by atomic mass is 10.3. The van der Waals surface area contributed by atoms with Crippen LogP contribution in [0.4, 0.5) is 0 Å². The summed E-state index contributed by atoms with van der Waals surface area (Å²) in [4.78, 5) is 2.36. The summed E-state index contributed by atoms with van der Waals surface area (Å²) in [6.07, 6.45) is 3.24. The lowest BCUT2D eigenvalue weighted by Crippen LogP contribution is -2.31. The lowest BCUT2D eigenvalue weighted by Gasteiger charge is -2.23. The first-order valence-corrected chi connectivity index (χ1v) is 5.90. The fraction of sp³-hybridized carbons (Fsp3) is 1.00. The second kappa shape index (κ2) is 7.26. The van der Waals surface area contributed by atoms with E-state index in [0.29, 0.717) is 6.04 Å². The Morgan fingerprint density at radius 2 is 2.18 bits per heavy atom. The molecule has 0 aromatic rings. The fourth-order valence-corrected chi connectivity index (χ4v) is 1.75. The highest BCUT2D eigenvalue weighted by Gasteiger charge is 2.06. The average Bonchev–Trinajstić information content (AvgIpc) is 2.00. The number of thioether (sulfide) groups is 1. The minimum atomic E-state index is 0.674. The fourth-order valence-electron chi connectivity index (χ4n) is 0.898. The molecule has 0 amide bonds. The molecule has 0 fully saturated rings. The van der Waals surface area contributed by atoms with Crippen LogP contribution in [0.5, 0.6) is 0 Å². The Bertz CT molecular complexity index is 90.2. The van der Waals surface area contributed by atoms with Gasteiger partial charge in [0, 0.05) is 17.7 Å². The maximum atomic E-state index is 5.60. The number of halogens is 1. The number of hydrogen-bond donors (Lipinski definition) is 0. The highest BCUT2D eigenvalue weighted by atomic mass is 35.5. The highest BCUT2D eigenvalue weighted by molar-refractivity contribution is 7.98. The minimum Gasteiger partial charge on any atom is -0.303 e. The molecular formula is C8H18ClNS. The third-order valence-electron chi connectivity index (χ3n) is 1.80. The van der Waals surface area contributed by atoms with Gasteiger partial charge in [0.25, 0.3) is 0 Å². The van der Waals surface area contributed by atoms with E-state index >= 15 is 0 Å². The topological polar surface area (TPSA) is 3.24 Å². The molecule has 0 radical (unpaired) electrons. The summed E-state index contributed by atoms with van der Waals surface area (Å²) >= 11 is 7.49. The zero-order chi connectivity index (χ0) is 8.69. The van der Waals surface area contributed by atoms with Gasteiger partial charge in [-0.2, -0.15) is 11.8 Å². The lowest BCUT2D eigenvalue weighted by molar-refractivity contribution is 0.279. The van der Waals surface area contributed by atoms with Crippen molar-refractivity contribution >= 4 is 23.4 Å². The molecule has 0 rings (SSSR count). The molecule has 1 atom stereocenters. The van der Waals surface area contributed by atoms with Gasteiger partial charge in [-0.1, -0.05) is 0 Å². The van der Waals surface area contributed by atoms with Crippen molar-refractivity contribution < 1.29 is 0 Å². The van der Waals surface area contributed by atoms with Crippen LogP contribution >= 0.6 is 23.4 Å². The quantitative estimate of drug-likeness (QED) is 0.599. The van der Waals surface area contributed by atoms with Crippen molar-refractivity contribution in [3.05, 3.63) is 0 Å². The van der Waals surface area contributed by atoms with E-state index in [1.807, 2.05) is 11.8 Å². The summed E-state index contributed by atoms with van der Waals surface area (Å²) < 4.78 is 0. The summed E-state index contributed by atoms with van der Waals surface area (Å²) in [5, 5.41) is 0. The van der Waals surface area contributed by atoms with Crippen LogP contribution < -0.4 is 0 Å². The Hall–Kier alpha value is 0.600. The summed E-state index contributed by atoms with van der Waals surface area (Å²) in [7, 11) is 2.16. The number of rotatable bonds is 6. The van der Waals surface area contributed by atoms with Gasteiger partial charge in [-0.25, -0.2) is 0 Å². The van der Waals surface area contributed by atoms with Gasteiger partial charge in [0.05, 0.1) is 0 Å². The third kappa shape index (κ3) is 5.83. The summed E-state index contributed by atoms with van der Waals surface area (Å²) in [6.45, 7) is 3.37. The van der Waals surface area contributed by atoms with Crippen LogP contribution in [-0.2, 0) is 0 Å². The van der Waals surface area contributed by atoms with E-state index in [-0.39, 0.29) is 0 Å². The van der Waals surface area contributed by atoms with E-state index in [4.69, 9.17) is 11.6 Å². The van der Waals surface area contributed by atoms with Gasteiger partial charge in [-0.05, 0) is 33.2 Å². The number of nitrogens with zero attached hydrogens (tertiary/aromatic N) is 1. The van der Waals surface area contributed by atoms with E-state index in [1.54, 1.807) is 0 Å². The Kier molecular flexibility index (Phi) is 7.66. The first-order chi connectivity index (χ1) is 5.22. The van der Waals surface area contributed by atoms with Crippen molar-refractivity contribution in [1.82, 2.24) is 4.90 Å².